The molecule has 2 rings (SSSR count). The van der Waals surface area contributed by atoms with E-state index in [0.29, 0.717) is 0 Å². The molecule has 0 saturated heterocycles. The quantitative estimate of drug-likeness (QED) is 0.362. The molecule has 112 valence electrons. The van der Waals surface area contributed by atoms with E-state index in [4.69, 9.17) is 9.47 Å². The Morgan fingerprint density at radius 3 is 2.38 bits per heavy atom. The third-order valence-electron chi connectivity index (χ3n) is 2.52. The van der Waals surface area contributed by atoms with Crippen LogP contribution >= 0.6 is 0 Å². The molecule has 0 radical (unpaired) electrons. The Balaban J connectivity index is 2.62. The van der Waals surface area contributed by atoms with Crippen LogP contribution in [0.3, 0.4) is 0 Å². The smallest absolute Gasteiger partial charge is 0.566 e. The third kappa shape index (κ3) is 3.18. The number of benzene rings is 1. The Kier molecular flexibility index (Phi) is 3.67. The summed E-state index contributed by atoms with van der Waals surface area (Å²) in [5.74, 6) is -2.56. The van der Waals surface area contributed by atoms with E-state index in [1.165, 1.54) is 19.1 Å². The molecule has 0 unspecified atom stereocenters. The zero-order valence-electron chi connectivity index (χ0n) is 11.4. The Labute approximate surface area is 118 Å². The highest BCUT2D eigenvalue weighted by atomic mass is 19.3. The minimum absolute atomic E-state index is 0.0935. The zero-order valence-corrected chi connectivity index (χ0v) is 11.4. The van der Waals surface area contributed by atoms with Gasteiger partial charge in [-0.3, -0.25) is 9.59 Å². The summed E-state index contributed by atoms with van der Waals surface area (Å²) in [6, 6.07) is 2.66. The second-order valence-electron chi connectivity index (χ2n) is 4.28. The van der Waals surface area contributed by atoms with Crippen molar-refractivity contribution in [3.8, 4) is 17.2 Å². The van der Waals surface area contributed by atoms with E-state index in [0.717, 1.165) is 13.8 Å². The van der Waals surface area contributed by atoms with Gasteiger partial charge in [-0.2, -0.15) is 0 Å². The largest absolute Gasteiger partial charge is 0.994 e. The molecule has 1 aliphatic heterocycles. The first-order valence-corrected chi connectivity index (χ1v) is 5.95. The van der Waals surface area contributed by atoms with Gasteiger partial charge in [0.2, 0.25) is 5.75 Å². The molecule has 1 heterocycles. The number of halogens is 2. The van der Waals surface area contributed by atoms with Gasteiger partial charge >= 0.3 is 19.0 Å². The molecule has 9 heteroatoms. The van der Waals surface area contributed by atoms with Gasteiger partial charge in [0.15, 0.2) is 5.75 Å². The van der Waals surface area contributed by atoms with Gasteiger partial charge in [-0.1, -0.05) is 0 Å². The molecule has 0 atom stereocenters. The van der Waals surface area contributed by atoms with E-state index in [-0.39, 0.29) is 22.8 Å². The monoisotopic (exact) mass is 300 g/mol. The lowest BCUT2D eigenvalue weighted by molar-refractivity contribution is -0.182. The van der Waals surface area contributed by atoms with Crippen molar-refractivity contribution in [3.05, 3.63) is 17.7 Å². The van der Waals surface area contributed by atoms with Gasteiger partial charge in [0.05, 0.1) is 0 Å². The van der Waals surface area contributed by atoms with Gasteiger partial charge in [0.25, 0.3) is 5.78 Å². The molecular formula is C12H11BF2O6. The van der Waals surface area contributed by atoms with E-state index in [1.807, 2.05) is 0 Å². The predicted molar refractivity (Wildman–Crippen MR) is 67.7 cm³/mol. The maximum atomic E-state index is 13.4. The number of ketones is 1. The number of esters is 2. The lowest BCUT2D eigenvalue weighted by Crippen LogP contribution is -2.35. The Hall–Kier alpha value is -2.45. The van der Waals surface area contributed by atoms with E-state index < -0.39 is 24.8 Å². The van der Waals surface area contributed by atoms with Crippen LogP contribution in [0.1, 0.15) is 30.7 Å². The maximum absolute atomic E-state index is 13.4. The normalized spacial score (nSPS) is 15.4. The standard InChI is InChI=1S/C12H11BF2O6/c1-6-9-4-5-10(18-7(2)16)12(19-8(3)17)11(9)21-13(14,15)20-6/h4-5H,1-3H3. The van der Waals surface area contributed by atoms with Gasteiger partial charge in [-0.05, 0) is 12.1 Å². The molecule has 0 spiro atoms. The van der Waals surface area contributed by atoms with Crippen molar-refractivity contribution in [2.24, 2.45) is 0 Å². The van der Waals surface area contributed by atoms with Crippen molar-refractivity contribution < 1.29 is 36.7 Å². The van der Waals surface area contributed by atoms with Crippen LogP contribution in [-0.2, 0) is 9.59 Å². The third-order valence-corrected chi connectivity index (χ3v) is 2.52. The van der Waals surface area contributed by atoms with Crippen molar-refractivity contribution in [1.82, 2.24) is 0 Å². The number of fused-ring (bicyclic) bond motifs is 1. The number of hydrogen-bond acceptors (Lipinski definition) is 5. The lowest BCUT2D eigenvalue weighted by Gasteiger charge is -2.23. The molecule has 0 bridgehead atoms. The lowest BCUT2D eigenvalue weighted by atomic mass is 10.0. The van der Waals surface area contributed by atoms with Crippen LogP contribution in [0, 0.1) is 0 Å². The van der Waals surface area contributed by atoms with Crippen LogP contribution < -0.4 is 14.1 Å². The molecule has 21 heavy (non-hydrogen) atoms. The molecule has 0 amide bonds. The highest BCUT2D eigenvalue weighted by Gasteiger charge is 2.54. The van der Waals surface area contributed by atoms with Gasteiger partial charge in [-0.25, -0.2) is 0 Å². The fraction of sp³-hybridized carbons (Fsp3) is 0.250. The highest BCUT2D eigenvalue weighted by molar-refractivity contribution is 6.52. The van der Waals surface area contributed by atoms with Crippen molar-refractivity contribution in [2.45, 2.75) is 20.8 Å². The average Bonchev–Trinajstić information content (AvgIpc) is 2.30. The predicted octanol–water partition coefficient (Wildman–Crippen LogP) is 2.04. The first-order chi connectivity index (χ1) is 9.69. The van der Waals surface area contributed by atoms with E-state index in [1.54, 1.807) is 0 Å². The number of ether oxygens (including phenoxy) is 2. The summed E-state index contributed by atoms with van der Waals surface area (Å²) < 4.78 is 45.3. The van der Waals surface area contributed by atoms with Gasteiger partial charge in [-0.15, -0.1) is 0 Å². The molecular weight excluding hydrogens is 289 g/mol. The van der Waals surface area contributed by atoms with Gasteiger partial charge in [0, 0.05) is 20.8 Å². The molecule has 6 nitrogen and oxygen atoms in total. The topological polar surface area (TPSA) is 73.1 Å². The molecule has 1 aromatic rings. The summed E-state index contributed by atoms with van der Waals surface area (Å²) in [6.45, 7) is 3.52. The molecule has 0 aliphatic carbocycles. The Morgan fingerprint density at radius 1 is 1.19 bits per heavy atom. The maximum Gasteiger partial charge on any atom is 0.994 e. The Morgan fingerprint density at radius 2 is 1.81 bits per heavy atom. The zero-order chi connectivity index (χ0) is 15.8. The summed E-state index contributed by atoms with van der Waals surface area (Å²) in [6.07, 6.45) is 0. The van der Waals surface area contributed by atoms with E-state index >= 15 is 0 Å². The molecule has 1 aromatic carbocycles. The SMILES string of the molecule is CC(=O)Oc1ccc2c(c1OC(C)=O)O[B-](F)(F)[O+]=C2C. The molecule has 0 saturated carbocycles. The van der Waals surface area contributed by atoms with E-state index in [9.17, 15) is 18.2 Å². The van der Waals surface area contributed by atoms with Crippen LogP contribution in [0.15, 0.2) is 12.1 Å². The number of carbonyl (C=O) groups excluding carboxylic acids is 3. The van der Waals surface area contributed by atoms with Gasteiger partial charge in [0.1, 0.15) is 11.3 Å². The number of carbonyl (C=O) groups is 2. The molecule has 0 N–H and O–H groups in total. The molecule has 1 aliphatic rings. The second-order valence-corrected chi connectivity index (χ2v) is 4.28. The number of rotatable bonds is 2. The van der Waals surface area contributed by atoms with Crippen LogP contribution in [0.25, 0.3) is 0 Å². The highest BCUT2D eigenvalue weighted by Crippen LogP contribution is 2.44. The summed E-state index contributed by atoms with van der Waals surface area (Å²) >= 11 is 0. The van der Waals surface area contributed by atoms with Crippen LogP contribution in [0.2, 0.25) is 0 Å². The second kappa shape index (κ2) is 5.15. The summed E-state index contributed by atoms with van der Waals surface area (Å²) in [5.41, 5.74) is 0.176. The fourth-order valence-corrected chi connectivity index (χ4v) is 1.84. The van der Waals surface area contributed by atoms with Crippen molar-refractivity contribution >= 4 is 24.8 Å². The summed E-state index contributed by atoms with van der Waals surface area (Å²) in [7, 11) is -4.59. The first-order valence-electron chi connectivity index (χ1n) is 5.95. The molecule has 0 fully saturated rings. The summed E-state index contributed by atoms with van der Waals surface area (Å²) in [5, 5.41) is 0. The minimum atomic E-state index is -4.59. The average molecular weight is 300 g/mol. The van der Waals surface area contributed by atoms with Crippen LogP contribution in [0.5, 0.6) is 17.2 Å². The summed E-state index contributed by atoms with van der Waals surface area (Å²) in [4.78, 5) is 22.2. The Bertz CT molecular complexity index is 655. The number of hydrogen-bond donors (Lipinski definition) is 0. The van der Waals surface area contributed by atoms with Crippen molar-refractivity contribution in [1.29, 1.82) is 0 Å². The van der Waals surface area contributed by atoms with E-state index in [2.05, 4.69) is 9.00 Å². The van der Waals surface area contributed by atoms with Gasteiger partial charge < -0.3 is 27.1 Å². The van der Waals surface area contributed by atoms with Crippen molar-refractivity contribution in [3.63, 3.8) is 0 Å². The first kappa shape index (κ1) is 15.0. The fourth-order valence-electron chi connectivity index (χ4n) is 1.84. The van der Waals surface area contributed by atoms with Crippen LogP contribution in [-0.4, -0.2) is 24.8 Å². The molecule has 0 aromatic heterocycles. The minimum Gasteiger partial charge on any atom is -0.566 e. The van der Waals surface area contributed by atoms with Crippen molar-refractivity contribution in [2.75, 3.05) is 0 Å². The van der Waals surface area contributed by atoms with Crippen LogP contribution in [0.4, 0.5) is 8.63 Å².